The minimum Gasteiger partial charge on any atom is -0.507 e. The summed E-state index contributed by atoms with van der Waals surface area (Å²) in [6.45, 7) is 1.74. The summed E-state index contributed by atoms with van der Waals surface area (Å²) in [7, 11) is 3.77. The van der Waals surface area contributed by atoms with Gasteiger partial charge >= 0.3 is 0 Å². The maximum atomic E-state index is 12.8. The standard InChI is InChI=1S/C21H22N2O6/c1-22(2)7-8-23-18(15-4-3-9-27-15)17(20(25)21(23)26)19(24)13-5-6-14-16(12-13)29-11-10-28-14/h3-6,9,12,18,24H,7-8,10-11H2,1-2H3/b19-17-. The van der Waals surface area contributed by atoms with E-state index in [0.29, 0.717) is 49.1 Å². The van der Waals surface area contributed by atoms with Crippen LogP contribution in [0, 0.1) is 0 Å². The fourth-order valence-corrected chi connectivity index (χ4v) is 3.51. The van der Waals surface area contributed by atoms with Crippen LogP contribution in [0.15, 0.2) is 46.6 Å². The van der Waals surface area contributed by atoms with Gasteiger partial charge in [0.1, 0.15) is 30.8 Å². The van der Waals surface area contributed by atoms with E-state index in [4.69, 9.17) is 13.9 Å². The van der Waals surface area contributed by atoms with Crippen molar-refractivity contribution in [3.05, 3.63) is 53.5 Å². The van der Waals surface area contributed by atoms with Gasteiger partial charge in [-0.2, -0.15) is 0 Å². The van der Waals surface area contributed by atoms with Crippen LogP contribution >= 0.6 is 0 Å². The van der Waals surface area contributed by atoms with E-state index >= 15 is 0 Å². The molecule has 1 amide bonds. The number of aliphatic hydroxyl groups excluding tert-OH is 1. The van der Waals surface area contributed by atoms with Gasteiger partial charge in [0.25, 0.3) is 11.7 Å². The first-order valence-electron chi connectivity index (χ1n) is 9.34. The molecule has 0 spiro atoms. The summed E-state index contributed by atoms with van der Waals surface area (Å²) >= 11 is 0. The van der Waals surface area contributed by atoms with Gasteiger partial charge in [-0.25, -0.2) is 0 Å². The van der Waals surface area contributed by atoms with Gasteiger partial charge in [0, 0.05) is 18.7 Å². The number of benzene rings is 1. The highest BCUT2D eigenvalue weighted by Crippen LogP contribution is 2.41. The fraction of sp³-hybridized carbons (Fsp3) is 0.333. The SMILES string of the molecule is CN(C)CCN1C(=O)C(=O)/C(=C(\O)c2ccc3c(c2)OCCO3)C1c1ccco1. The minimum atomic E-state index is -0.793. The molecule has 1 saturated heterocycles. The van der Waals surface area contributed by atoms with Gasteiger partial charge in [0.15, 0.2) is 11.5 Å². The molecule has 3 heterocycles. The lowest BCUT2D eigenvalue weighted by Crippen LogP contribution is -2.35. The molecule has 1 fully saturated rings. The maximum absolute atomic E-state index is 12.8. The molecule has 1 aromatic carbocycles. The van der Waals surface area contributed by atoms with Crippen molar-refractivity contribution in [3.8, 4) is 11.5 Å². The first kappa shape index (κ1) is 19.1. The number of likely N-dealkylation sites (tertiary alicyclic amines) is 1. The molecule has 1 unspecified atom stereocenters. The van der Waals surface area contributed by atoms with Crippen molar-refractivity contribution in [3.63, 3.8) is 0 Å². The summed E-state index contributed by atoms with van der Waals surface area (Å²) in [5.41, 5.74) is 0.372. The first-order chi connectivity index (χ1) is 14.0. The Hall–Kier alpha value is -3.26. The zero-order valence-corrected chi connectivity index (χ0v) is 16.3. The number of carbonyl (C=O) groups is 2. The number of Topliss-reactive ketones (excluding diaryl/α,β-unsaturated/α-hetero) is 1. The van der Waals surface area contributed by atoms with Crippen molar-refractivity contribution in [1.82, 2.24) is 9.80 Å². The van der Waals surface area contributed by atoms with Gasteiger partial charge in [-0.3, -0.25) is 9.59 Å². The monoisotopic (exact) mass is 398 g/mol. The molecule has 29 heavy (non-hydrogen) atoms. The van der Waals surface area contributed by atoms with Gasteiger partial charge in [0.2, 0.25) is 0 Å². The molecule has 152 valence electrons. The van der Waals surface area contributed by atoms with Crippen LogP contribution in [0.5, 0.6) is 11.5 Å². The number of furan rings is 1. The third kappa shape index (κ3) is 3.47. The van der Waals surface area contributed by atoms with Crippen LogP contribution in [-0.2, 0) is 9.59 Å². The van der Waals surface area contributed by atoms with Gasteiger partial charge in [-0.05, 0) is 44.4 Å². The number of likely N-dealkylation sites (N-methyl/N-ethyl adjacent to an activating group) is 1. The number of ether oxygens (including phenoxy) is 2. The Balaban J connectivity index is 1.79. The van der Waals surface area contributed by atoms with Crippen LogP contribution < -0.4 is 9.47 Å². The Morgan fingerprint density at radius 2 is 1.93 bits per heavy atom. The van der Waals surface area contributed by atoms with E-state index in [0.717, 1.165) is 0 Å². The molecular formula is C21H22N2O6. The highest BCUT2D eigenvalue weighted by molar-refractivity contribution is 6.46. The molecule has 1 aromatic heterocycles. The molecule has 0 saturated carbocycles. The lowest BCUT2D eigenvalue weighted by atomic mass is 9.99. The van der Waals surface area contributed by atoms with Crippen LogP contribution in [0.25, 0.3) is 5.76 Å². The Kier molecular flexibility index (Phi) is 5.02. The predicted octanol–water partition coefficient (Wildman–Crippen LogP) is 2.03. The molecule has 0 radical (unpaired) electrons. The largest absolute Gasteiger partial charge is 0.507 e. The topological polar surface area (TPSA) is 92.5 Å². The summed E-state index contributed by atoms with van der Waals surface area (Å²) in [6.07, 6.45) is 1.48. The van der Waals surface area contributed by atoms with Crippen molar-refractivity contribution < 1.29 is 28.6 Å². The van der Waals surface area contributed by atoms with Crippen LogP contribution in [-0.4, -0.2) is 67.0 Å². The lowest BCUT2D eigenvalue weighted by Gasteiger charge is -2.24. The Labute approximate surface area is 167 Å². The zero-order valence-electron chi connectivity index (χ0n) is 16.3. The molecule has 8 nitrogen and oxygen atoms in total. The highest BCUT2D eigenvalue weighted by Gasteiger charge is 2.47. The van der Waals surface area contributed by atoms with Crippen LogP contribution in [0.2, 0.25) is 0 Å². The van der Waals surface area contributed by atoms with E-state index in [1.54, 1.807) is 30.3 Å². The summed E-state index contributed by atoms with van der Waals surface area (Å²) < 4.78 is 16.6. The van der Waals surface area contributed by atoms with Gasteiger partial charge in [-0.1, -0.05) is 0 Å². The van der Waals surface area contributed by atoms with E-state index in [9.17, 15) is 14.7 Å². The number of hydrogen-bond donors (Lipinski definition) is 1. The average Bonchev–Trinajstić information content (AvgIpc) is 3.33. The molecule has 0 bridgehead atoms. The number of aliphatic hydroxyl groups is 1. The van der Waals surface area contributed by atoms with Crippen molar-refractivity contribution >= 4 is 17.4 Å². The molecule has 1 atom stereocenters. The van der Waals surface area contributed by atoms with Crippen LogP contribution in [0.3, 0.4) is 0 Å². The Bertz CT molecular complexity index is 964. The van der Waals surface area contributed by atoms with E-state index in [-0.39, 0.29) is 11.3 Å². The molecular weight excluding hydrogens is 376 g/mol. The molecule has 2 aliphatic heterocycles. The van der Waals surface area contributed by atoms with E-state index in [1.807, 2.05) is 19.0 Å². The number of fused-ring (bicyclic) bond motifs is 1. The summed E-state index contributed by atoms with van der Waals surface area (Å²) in [4.78, 5) is 28.9. The molecule has 0 aliphatic carbocycles. The highest BCUT2D eigenvalue weighted by atomic mass is 16.6. The molecule has 2 aromatic rings. The average molecular weight is 398 g/mol. The van der Waals surface area contributed by atoms with Crippen molar-refractivity contribution in [2.45, 2.75) is 6.04 Å². The predicted molar refractivity (Wildman–Crippen MR) is 104 cm³/mol. The second kappa shape index (κ2) is 7.63. The number of amides is 1. The molecule has 8 heteroatoms. The lowest BCUT2D eigenvalue weighted by molar-refractivity contribution is -0.140. The minimum absolute atomic E-state index is 0.000355. The fourth-order valence-electron chi connectivity index (χ4n) is 3.51. The van der Waals surface area contributed by atoms with Gasteiger partial charge in [0.05, 0.1) is 11.8 Å². The number of carbonyl (C=O) groups excluding carboxylic acids is 2. The molecule has 2 aliphatic rings. The van der Waals surface area contributed by atoms with E-state index < -0.39 is 17.7 Å². The molecule has 1 N–H and O–H groups in total. The summed E-state index contributed by atoms with van der Waals surface area (Å²) in [5, 5.41) is 11.0. The normalized spacial score (nSPS) is 20.5. The maximum Gasteiger partial charge on any atom is 0.295 e. The number of rotatable bonds is 5. The first-order valence-corrected chi connectivity index (χ1v) is 9.34. The second-order valence-electron chi connectivity index (χ2n) is 7.17. The number of ketones is 1. The van der Waals surface area contributed by atoms with E-state index in [2.05, 4.69) is 0 Å². The second-order valence-corrected chi connectivity index (χ2v) is 7.17. The quantitative estimate of drug-likeness (QED) is 0.468. The van der Waals surface area contributed by atoms with Gasteiger partial charge in [-0.15, -0.1) is 0 Å². The van der Waals surface area contributed by atoms with Crippen molar-refractivity contribution in [2.75, 3.05) is 40.4 Å². The third-order valence-electron chi connectivity index (χ3n) is 4.96. The number of hydrogen-bond acceptors (Lipinski definition) is 7. The van der Waals surface area contributed by atoms with Crippen molar-refractivity contribution in [1.29, 1.82) is 0 Å². The third-order valence-corrected chi connectivity index (χ3v) is 4.96. The zero-order chi connectivity index (χ0) is 20.5. The summed E-state index contributed by atoms with van der Waals surface area (Å²) in [5.74, 6) is -0.195. The van der Waals surface area contributed by atoms with Crippen LogP contribution in [0.4, 0.5) is 0 Å². The van der Waals surface area contributed by atoms with Gasteiger partial charge < -0.3 is 28.8 Å². The van der Waals surface area contributed by atoms with Crippen molar-refractivity contribution in [2.24, 2.45) is 0 Å². The van der Waals surface area contributed by atoms with E-state index in [1.165, 1.54) is 11.2 Å². The Morgan fingerprint density at radius 1 is 1.17 bits per heavy atom. The number of nitrogens with zero attached hydrogens (tertiary/aromatic N) is 2. The molecule has 4 rings (SSSR count). The smallest absolute Gasteiger partial charge is 0.295 e. The van der Waals surface area contributed by atoms with Crippen LogP contribution in [0.1, 0.15) is 17.4 Å². The Morgan fingerprint density at radius 3 is 2.62 bits per heavy atom. The summed E-state index contributed by atoms with van der Waals surface area (Å²) in [6, 6.07) is 7.50.